The van der Waals surface area contributed by atoms with Crippen molar-refractivity contribution in [3.63, 3.8) is 0 Å². The second-order valence-corrected chi connectivity index (χ2v) is 8.34. The van der Waals surface area contributed by atoms with Crippen molar-refractivity contribution in [2.75, 3.05) is 13.7 Å². The van der Waals surface area contributed by atoms with Crippen LogP contribution in [0.1, 0.15) is 30.2 Å². The van der Waals surface area contributed by atoms with E-state index in [1.54, 1.807) is 13.8 Å². The lowest BCUT2D eigenvalue weighted by Gasteiger charge is -2.32. The van der Waals surface area contributed by atoms with Gasteiger partial charge in [-0.05, 0) is 37.8 Å². The van der Waals surface area contributed by atoms with Crippen molar-refractivity contribution in [2.24, 2.45) is 5.73 Å². The Kier molecular flexibility index (Phi) is 5.34. The Bertz CT molecular complexity index is 886. The SMILES string of the molecule is CCOC(=O)C1=C2SC(C)C(=O)N2C(N)=C(C(=O)OC)C1c1sccc1C. The summed E-state index contributed by atoms with van der Waals surface area (Å²) >= 11 is 2.66. The number of amides is 1. The number of rotatable bonds is 4. The second kappa shape index (κ2) is 7.40. The molecule has 0 bridgehead atoms. The van der Waals surface area contributed by atoms with Crippen LogP contribution in [0.15, 0.2) is 33.4 Å². The van der Waals surface area contributed by atoms with E-state index in [2.05, 4.69) is 0 Å². The molecule has 9 heteroatoms. The number of carbonyl (C=O) groups excluding carboxylic acids is 3. The largest absolute Gasteiger partial charge is 0.466 e. The molecule has 144 valence electrons. The minimum atomic E-state index is -0.742. The van der Waals surface area contributed by atoms with E-state index in [4.69, 9.17) is 15.2 Å². The van der Waals surface area contributed by atoms with Crippen LogP contribution in [0.4, 0.5) is 0 Å². The van der Waals surface area contributed by atoms with Gasteiger partial charge >= 0.3 is 11.9 Å². The molecule has 0 spiro atoms. The number of thiophene rings is 1. The summed E-state index contributed by atoms with van der Waals surface area (Å²) in [6, 6.07) is 1.90. The van der Waals surface area contributed by atoms with Crippen molar-refractivity contribution in [2.45, 2.75) is 31.9 Å². The molecule has 1 aromatic heterocycles. The van der Waals surface area contributed by atoms with Gasteiger partial charge in [-0.3, -0.25) is 9.69 Å². The number of nitrogens with two attached hydrogens (primary N) is 1. The van der Waals surface area contributed by atoms with Crippen LogP contribution in [-0.2, 0) is 23.9 Å². The quantitative estimate of drug-likeness (QED) is 0.763. The molecule has 0 radical (unpaired) electrons. The molecule has 2 atom stereocenters. The van der Waals surface area contributed by atoms with Gasteiger partial charge in [0.2, 0.25) is 5.91 Å². The molecular formula is C18H20N2O5S2. The number of ether oxygens (including phenoxy) is 2. The normalized spacial score (nSPS) is 22.2. The molecule has 0 aliphatic carbocycles. The summed E-state index contributed by atoms with van der Waals surface area (Å²) in [5.74, 6) is -2.27. The van der Waals surface area contributed by atoms with Crippen LogP contribution in [0.5, 0.6) is 0 Å². The number of hydrogen-bond acceptors (Lipinski definition) is 8. The van der Waals surface area contributed by atoms with Crippen molar-refractivity contribution < 1.29 is 23.9 Å². The molecule has 1 amide bonds. The van der Waals surface area contributed by atoms with Crippen LogP contribution >= 0.6 is 23.1 Å². The molecule has 7 nitrogen and oxygen atoms in total. The van der Waals surface area contributed by atoms with E-state index in [-0.39, 0.29) is 29.5 Å². The van der Waals surface area contributed by atoms with E-state index in [0.29, 0.717) is 5.03 Å². The topological polar surface area (TPSA) is 98.9 Å². The maximum Gasteiger partial charge on any atom is 0.338 e. The van der Waals surface area contributed by atoms with Gasteiger partial charge in [0.15, 0.2) is 0 Å². The van der Waals surface area contributed by atoms with Gasteiger partial charge in [0.1, 0.15) is 5.82 Å². The van der Waals surface area contributed by atoms with E-state index in [1.165, 1.54) is 35.1 Å². The fraction of sp³-hybridized carbons (Fsp3) is 0.389. The third kappa shape index (κ3) is 3.04. The third-order valence-corrected chi connectivity index (χ3v) is 6.71. The molecule has 0 aromatic carbocycles. The number of esters is 2. The van der Waals surface area contributed by atoms with Crippen LogP contribution in [0, 0.1) is 6.92 Å². The lowest BCUT2D eigenvalue weighted by Crippen LogP contribution is -2.40. The Morgan fingerprint density at radius 2 is 2.00 bits per heavy atom. The van der Waals surface area contributed by atoms with Crippen LogP contribution in [0.3, 0.4) is 0 Å². The molecule has 3 heterocycles. The highest BCUT2D eigenvalue weighted by Crippen LogP contribution is 2.51. The predicted molar refractivity (Wildman–Crippen MR) is 103 cm³/mol. The molecule has 2 aliphatic rings. The molecule has 2 aliphatic heterocycles. The lowest BCUT2D eigenvalue weighted by atomic mass is 9.85. The van der Waals surface area contributed by atoms with Crippen molar-refractivity contribution in [1.29, 1.82) is 0 Å². The number of fused-ring (bicyclic) bond motifs is 1. The zero-order chi connectivity index (χ0) is 19.9. The Morgan fingerprint density at radius 1 is 1.30 bits per heavy atom. The Balaban J connectivity index is 2.32. The Labute approximate surface area is 165 Å². The highest BCUT2D eigenvalue weighted by molar-refractivity contribution is 8.04. The Morgan fingerprint density at radius 3 is 2.56 bits per heavy atom. The summed E-state index contributed by atoms with van der Waals surface area (Å²) in [4.78, 5) is 40.2. The highest BCUT2D eigenvalue weighted by Gasteiger charge is 2.49. The first kappa shape index (κ1) is 19.5. The molecule has 2 N–H and O–H groups in total. The van der Waals surface area contributed by atoms with Crippen LogP contribution in [0.2, 0.25) is 0 Å². The summed E-state index contributed by atoms with van der Waals surface area (Å²) in [5.41, 5.74) is 7.51. The van der Waals surface area contributed by atoms with Gasteiger partial charge in [0, 0.05) is 4.88 Å². The number of nitrogens with zero attached hydrogens (tertiary/aromatic N) is 1. The van der Waals surface area contributed by atoms with E-state index < -0.39 is 23.1 Å². The van der Waals surface area contributed by atoms with Crippen molar-refractivity contribution in [3.05, 3.63) is 43.9 Å². The molecule has 2 unspecified atom stereocenters. The van der Waals surface area contributed by atoms with Gasteiger partial charge in [-0.25, -0.2) is 9.59 Å². The first-order valence-corrected chi connectivity index (χ1v) is 10.1. The molecule has 0 saturated carbocycles. The fourth-order valence-electron chi connectivity index (χ4n) is 3.19. The first-order valence-electron chi connectivity index (χ1n) is 8.37. The summed E-state index contributed by atoms with van der Waals surface area (Å²) in [5, 5.41) is 1.88. The molecule has 3 rings (SSSR count). The van der Waals surface area contributed by atoms with E-state index in [1.807, 2.05) is 18.4 Å². The number of carbonyl (C=O) groups is 3. The van der Waals surface area contributed by atoms with Gasteiger partial charge in [0.05, 0.1) is 41.1 Å². The van der Waals surface area contributed by atoms with Crippen LogP contribution in [-0.4, -0.2) is 41.7 Å². The van der Waals surface area contributed by atoms with Gasteiger partial charge in [-0.2, -0.15) is 0 Å². The molecule has 1 saturated heterocycles. The molecule has 27 heavy (non-hydrogen) atoms. The third-order valence-electron chi connectivity index (χ3n) is 4.45. The van der Waals surface area contributed by atoms with Crippen LogP contribution in [0.25, 0.3) is 0 Å². The monoisotopic (exact) mass is 408 g/mol. The van der Waals surface area contributed by atoms with Gasteiger partial charge in [-0.15, -0.1) is 11.3 Å². The molecule has 1 fully saturated rings. The van der Waals surface area contributed by atoms with Crippen LogP contribution < -0.4 is 5.73 Å². The maximum absolute atomic E-state index is 12.9. The Hall–Kier alpha value is -2.26. The van der Waals surface area contributed by atoms with Gasteiger partial charge in [0.25, 0.3) is 0 Å². The van der Waals surface area contributed by atoms with Crippen molar-refractivity contribution in [3.8, 4) is 0 Å². The number of methoxy groups -OCH3 is 1. The summed E-state index contributed by atoms with van der Waals surface area (Å²) < 4.78 is 10.2. The van der Waals surface area contributed by atoms with E-state index in [9.17, 15) is 14.4 Å². The number of hydrogen-bond donors (Lipinski definition) is 1. The first-order chi connectivity index (χ1) is 12.8. The summed E-state index contributed by atoms with van der Waals surface area (Å²) in [6.45, 7) is 5.51. The summed E-state index contributed by atoms with van der Waals surface area (Å²) in [7, 11) is 1.24. The van der Waals surface area contributed by atoms with Crippen molar-refractivity contribution in [1.82, 2.24) is 4.90 Å². The van der Waals surface area contributed by atoms with E-state index in [0.717, 1.165) is 10.4 Å². The van der Waals surface area contributed by atoms with E-state index >= 15 is 0 Å². The highest BCUT2D eigenvalue weighted by atomic mass is 32.2. The average molecular weight is 409 g/mol. The average Bonchev–Trinajstić information content (AvgIpc) is 3.17. The van der Waals surface area contributed by atoms with Crippen molar-refractivity contribution >= 4 is 40.9 Å². The smallest absolute Gasteiger partial charge is 0.338 e. The maximum atomic E-state index is 12.9. The molecular weight excluding hydrogens is 388 g/mol. The number of thioether (sulfide) groups is 1. The number of aryl methyl sites for hydroxylation is 1. The minimum absolute atomic E-state index is 0.00421. The standard InChI is InChI=1S/C18H20N2O5S2/c1-5-25-18(23)12-10(13-8(2)6-7-26-13)11(17(22)24-4)14(19)20-15(21)9(3)27-16(12)20/h6-7,9-10H,5,19H2,1-4H3. The summed E-state index contributed by atoms with van der Waals surface area (Å²) in [6.07, 6.45) is 0. The van der Waals surface area contributed by atoms with Gasteiger partial charge < -0.3 is 15.2 Å². The minimum Gasteiger partial charge on any atom is -0.466 e. The van der Waals surface area contributed by atoms with Gasteiger partial charge in [-0.1, -0.05) is 11.8 Å². The molecule has 1 aromatic rings. The lowest BCUT2D eigenvalue weighted by molar-refractivity contribution is -0.139. The zero-order valence-corrected chi connectivity index (χ0v) is 17.0. The zero-order valence-electron chi connectivity index (χ0n) is 15.4. The fourth-order valence-corrected chi connectivity index (χ4v) is 5.40. The second-order valence-electron chi connectivity index (χ2n) is 6.06. The predicted octanol–water partition coefficient (Wildman–Crippen LogP) is 2.24.